The van der Waals surface area contributed by atoms with Crippen molar-refractivity contribution in [3.05, 3.63) is 58.7 Å². The third-order valence-electron chi connectivity index (χ3n) is 6.03. The monoisotopic (exact) mass is 537 g/mol. The average molecular weight is 538 g/mol. The molecule has 0 saturated heterocycles. The molecule has 3 aromatic heterocycles. The smallest absolute Gasteiger partial charge is 0.341 e. The Labute approximate surface area is 222 Å². The van der Waals surface area contributed by atoms with Crippen LogP contribution in [0, 0.1) is 0 Å². The number of hydrogen-bond donors (Lipinski definition) is 1. The van der Waals surface area contributed by atoms with E-state index in [-0.39, 0.29) is 18.3 Å². The maximum absolute atomic E-state index is 12.8. The van der Waals surface area contributed by atoms with Gasteiger partial charge in [0.25, 0.3) is 0 Å². The molecule has 0 aliphatic heterocycles. The van der Waals surface area contributed by atoms with Crippen molar-refractivity contribution in [2.75, 3.05) is 17.7 Å². The zero-order chi connectivity index (χ0) is 25.8. The van der Waals surface area contributed by atoms with Crippen molar-refractivity contribution in [2.45, 2.75) is 50.9 Å². The minimum absolute atomic E-state index is 0.151. The quantitative estimate of drug-likeness (QED) is 0.173. The van der Waals surface area contributed by atoms with Crippen molar-refractivity contribution in [3.63, 3.8) is 0 Å². The van der Waals surface area contributed by atoms with Crippen LogP contribution in [0.1, 0.15) is 46.4 Å². The molecule has 5 rings (SSSR count). The number of anilines is 1. The molecule has 3 heterocycles. The first-order chi connectivity index (χ1) is 18.1. The van der Waals surface area contributed by atoms with E-state index in [0.717, 1.165) is 46.6 Å². The first kappa shape index (κ1) is 25.2. The molecule has 0 atom stereocenters. The van der Waals surface area contributed by atoms with E-state index in [1.165, 1.54) is 23.1 Å². The van der Waals surface area contributed by atoms with E-state index < -0.39 is 0 Å². The molecular formula is C25H27N7O3S2. The average Bonchev–Trinajstić information content (AvgIpc) is 3.65. The van der Waals surface area contributed by atoms with Gasteiger partial charge in [0.2, 0.25) is 5.91 Å². The second-order valence-corrected chi connectivity index (χ2v) is 10.6. The summed E-state index contributed by atoms with van der Waals surface area (Å²) in [4.78, 5) is 26.5. The summed E-state index contributed by atoms with van der Waals surface area (Å²) in [6, 6.07) is 7.75. The van der Waals surface area contributed by atoms with Gasteiger partial charge in [-0.3, -0.25) is 4.79 Å². The number of ether oxygens (including phenoxy) is 1. The molecule has 12 heteroatoms. The number of thioether (sulfide) groups is 1. The van der Waals surface area contributed by atoms with Crippen molar-refractivity contribution in [2.24, 2.45) is 0 Å². The van der Waals surface area contributed by atoms with Gasteiger partial charge in [-0.05, 0) is 43.9 Å². The molecule has 0 fully saturated rings. The van der Waals surface area contributed by atoms with Gasteiger partial charge < -0.3 is 14.6 Å². The summed E-state index contributed by atoms with van der Waals surface area (Å²) >= 11 is 2.94. The van der Waals surface area contributed by atoms with E-state index in [9.17, 15) is 9.59 Å². The van der Waals surface area contributed by atoms with Crippen LogP contribution < -0.4 is 5.32 Å². The predicted molar refractivity (Wildman–Crippen MR) is 143 cm³/mol. The molecule has 37 heavy (non-hydrogen) atoms. The molecular weight excluding hydrogens is 510 g/mol. The van der Waals surface area contributed by atoms with Crippen molar-refractivity contribution >= 4 is 51.0 Å². The Bertz CT molecular complexity index is 1460. The summed E-state index contributed by atoms with van der Waals surface area (Å²) in [6.45, 7) is 6.89. The number of nitrogens with one attached hydrogen (secondary N) is 1. The lowest BCUT2D eigenvalue weighted by molar-refractivity contribution is -0.115. The van der Waals surface area contributed by atoms with Crippen molar-refractivity contribution in [3.8, 4) is 0 Å². The predicted octanol–water partition coefficient (Wildman–Crippen LogP) is 4.10. The second kappa shape index (κ2) is 11.3. The molecule has 1 amide bonds. The van der Waals surface area contributed by atoms with E-state index in [0.29, 0.717) is 41.2 Å². The molecule has 192 valence electrons. The van der Waals surface area contributed by atoms with Gasteiger partial charge in [0.1, 0.15) is 17.1 Å². The molecule has 10 nitrogen and oxygen atoms in total. The number of para-hydroxylation sites is 1. The Balaban J connectivity index is 1.23. The van der Waals surface area contributed by atoms with Crippen LogP contribution in [0.4, 0.5) is 5.00 Å². The second-order valence-electron chi connectivity index (χ2n) is 8.46. The van der Waals surface area contributed by atoms with Crippen LogP contribution in [0.5, 0.6) is 0 Å². The molecule has 0 spiro atoms. The Morgan fingerprint density at radius 1 is 1.24 bits per heavy atom. The molecule has 1 aliphatic carbocycles. The number of esters is 1. The SMILES string of the molecule is C=CCn1c(Cn2nnc3ccccc32)nnc1SCCC(=O)Nc1sc2c(c1C(=O)OCC)CCC2. The summed E-state index contributed by atoms with van der Waals surface area (Å²) in [5.41, 5.74) is 3.29. The lowest BCUT2D eigenvalue weighted by Gasteiger charge is -2.09. The fraction of sp³-hybridized carbons (Fsp3) is 0.360. The number of fused-ring (bicyclic) bond motifs is 2. The summed E-state index contributed by atoms with van der Waals surface area (Å²) in [5, 5.41) is 21.4. The minimum Gasteiger partial charge on any atom is -0.462 e. The van der Waals surface area contributed by atoms with Crippen molar-refractivity contribution in [1.82, 2.24) is 29.8 Å². The van der Waals surface area contributed by atoms with Gasteiger partial charge in [0.05, 0.1) is 17.7 Å². The number of nitrogens with zero attached hydrogens (tertiary/aromatic N) is 6. The van der Waals surface area contributed by atoms with E-state index in [4.69, 9.17) is 4.74 Å². The van der Waals surface area contributed by atoms with Gasteiger partial charge in [0, 0.05) is 23.6 Å². The lowest BCUT2D eigenvalue weighted by Crippen LogP contribution is -2.15. The van der Waals surface area contributed by atoms with E-state index in [2.05, 4.69) is 32.4 Å². The highest BCUT2D eigenvalue weighted by molar-refractivity contribution is 7.99. The molecule has 1 aliphatic rings. The highest BCUT2D eigenvalue weighted by atomic mass is 32.2. The molecule has 4 aromatic rings. The molecule has 0 saturated carbocycles. The number of benzene rings is 1. The normalized spacial score (nSPS) is 12.6. The summed E-state index contributed by atoms with van der Waals surface area (Å²) in [7, 11) is 0. The minimum atomic E-state index is -0.364. The van der Waals surface area contributed by atoms with Crippen molar-refractivity contribution < 1.29 is 14.3 Å². The van der Waals surface area contributed by atoms with Crippen LogP contribution in [0.2, 0.25) is 0 Å². The Hall–Kier alpha value is -3.51. The Morgan fingerprint density at radius 3 is 2.95 bits per heavy atom. The maximum atomic E-state index is 12.8. The van der Waals surface area contributed by atoms with E-state index >= 15 is 0 Å². The number of hydrogen-bond acceptors (Lipinski definition) is 9. The molecule has 0 bridgehead atoms. The molecule has 0 radical (unpaired) electrons. The maximum Gasteiger partial charge on any atom is 0.341 e. The number of aryl methyl sites for hydroxylation is 1. The fourth-order valence-electron chi connectivity index (χ4n) is 4.36. The molecule has 0 unspecified atom stereocenters. The first-order valence-corrected chi connectivity index (χ1v) is 13.9. The molecule has 1 aromatic carbocycles. The third kappa shape index (κ3) is 5.30. The number of rotatable bonds is 11. The van der Waals surface area contributed by atoms with Gasteiger partial charge in [0.15, 0.2) is 11.0 Å². The van der Waals surface area contributed by atoms with Crippen LogP contribution in [0.25, 0.3) is 11.0 Å². The van der Waals surface area contributed by atoms with Crippen LogP contribution in [-0.2, 0) is 35.5 Å². The molecule has 1 N–H and O–H groups in total. The number of thiophene rings is 1. The van der Waals surface area contributed by atoms with Crippen molar-refractivity contribution in [1.29, 1.82) is 0 Å². The number of aromatic nitrogens is 6. The van der Waals surface area contributed by atoms with E-state index in [1.54, 1.807) is 17.7 Å². The summed E-state index contributed by atoms with van der Waals surface area (Å²) in [6.07, 6.45) is 4.86. The van der Waals surface area contributed by atoms with Crippen LogP contribution in [0.15, 0.2) is 42.1 Å². The highest BCUT2D eigenvalue weighted by Gasteiger charge is 2.28. The van der Waals surface area contributed by atoms with Crippen LogP contribution in [-0.4, -0.2) is 54.0 Å². The van der Waals surface area contributed by atoms with E-state index in [1.807, 2.05) is 28.8 Å². The number of carbonyl (C=O) groups is 2. The van der Waals surface area contributed by atoms with Gasteiger partial charge >= 0.3 is 5.97 Å². The summed E-state index contributed by atoms with van der Waals surface area (Å²) < 4.78 is 9.01. The van der Waals surface area contributed by atoms with Crippen LogP contribution >= 0.6 is 23.1 Å². The number of allylic oxidation sites excluding steroid dienone is 1. The zero-order valence-electron chi connectivity index (χ0n) is 20.5. The van der Waals surface area contributed by atoms with Gasteiger partial charge in [-0.1, -0.05) is 35.2 Å². The standard InChI is InChI=1S/C25H27N7O3S2/c1-3-13-31-20(15-32-18-10-6-5-9-17(18)27-30-32)28-29-25(31)36-14-12-21(33)26-23-22(24(34)35-4-2)16-8-7-11-19(16)37-23/h3,5-6,9-10H,1,4,7-8,11-15H2,2H3,(H,26,33). The first-order valence-electron chi connectivity index (χ1n) is 12.1. The Morgan fingerprint density at radius 2 is 2.11 bits per heavy atom. The summed E-state index contributed by atoms with van der Waals surface area (Å²) in [5.74, 6) is 0.723. The third-order valence-corrected chi connectivity index (χ3v) is 8.21. The highest BCUT2D eigenvalue weighted by Crippen LogP contribution is 2.39. The zero-order valence-corrected chi connectivity index (χ0v) is 22.1. The lowest BCUT2D eigenvalue weighted by atomic mass is 10.1. The largest absolute Gasteiger partial charge is 0.462 e. The number of carbonyl (C=O) groups excluding carboxylic acids is 2. The van der Waals surface area contributed by atoms with Gasteiger partial charge in [-0.2, -0.15) is 0 Å². The van der Waals surface area contributed by atoms with Crippen LogP contribution in [0.3, 0.4) is 0 Å². The van der Waals surface area contributed by atoms with Gasteiger partial charge in [-0.15, -0.1) is 33.2 Å². The fourth-order valence-corrected chi connectivity index (χ4v) is 6.56. The Kier molecular flexibility index (Phi) is 7.65. The number of amides is 1. The van der Waals surface area contributed by atoms with Gasteiger partial charge in [-0.25, -0.2) is 9.48 Å². The topological polar surface area (TPSA) is 117 Å².